The highest BCUT2D eigenvalue weighted by molar-refractivity contribution is 5.93. The summed E-state index contributed by atoms with van der Waals surface area (Å²) in [5.74, 6) is -1.21. The standard InChI is InChI=1S/C7H7N3O3/c11-3-5-6(7(12)13)8-9-10(5)4-1-2-4/h3-4H,1-2H2,(H,12,13). The van der Waals surface area contributed by atoms with Gasteiger partial charge in [0.05, 0.1) is 6.04 Å². The van der Waals surface area contributed by atoms with Gasteiger partial charge < -0.3 is 5.11 Å². The number of aldehydes is 1. The Balaban J connectivity index is 2.46. The molecule has 0 bridgehead atoms. The summed E-state index contributed by atoms with van der Waals surface area (Å²) in [6.07, 6.45) is 2.36. The van der Waals surface area contributed by atoms with Gasteiger partial charge in [-0.1, -0.05) is 5.21 Å². The number of rotatable bonds is 3. The second-order valence-electron chi connectivity index (χ2n) is 2.92. The van der Waals surface area contributed by atoms with Crippen LogP contribution in [0.1, 0.15) is 39.9 Å². The molecule has 1 aromatic rings. The summed E-state index contributed by atoms with van der Waals surface area (Å²) in [4.78, 5) is 21.1. The van der Waals surface area contributed by atoms with Crippen LogP contribution < -0.4 is 0 Å². The molecule has 68 valence electrons. The van der Waals surface area contributed by atoms with Crippen molar-refractivity contribution < 1.29 is 14.7 Å². The second kappa shape index (κ2) is 2.65. The quantitative estimate of drug-likeness (QED) is 0.669. The van der Waals surface area contributed by atoms with Crippen LogP contribution in [0.15, 0.2) is 0 Å². The van der Waals surface area contributed by atoms with Crippen LogP contribution in [0.25, 0.3) is 0 Å². The van der Waals surface area contributed by atoms with E-state index in [1.807, 2.05) is 0 Å². The van der Waals surface area contributed by atoms with E-state index in [0.717, 1.165) is 12.8 Å². The Bertz CT molecular complexity index is 367. The molecule has 0 aliphatic heterocycles. The van der Waals surface area contributed by atoms with E-state index in [-0.39, 0.29) is 17.4 Å². The fourth-order valence-corrected chi connectivity index (χ4v) is 1.15. The third kappa shape index (κ3) is 1.20. The highest BCUT2D eigenvalue weighted by Gasteiger charge is 2.30. The van der Waals surface area contributed by atoms with Crippen molar-refractivity contribution in [3.05, 3.63) is 11.4 Å². The van der Waals surface area contributed by atoms with E-state index < -0.39 is 5.97 Å². The predicted octanol–water partition coefficient (Wildman–Crippen LogP) is 0.124. The molecule has 1 heterocycles. The molecule has 0 unspecified atom stereocenters. The van der Waals surface area contributed by atoms with Crippen LogP contribution >= 0.6 is 0 Å². The lowest BCUT2D eigenvalue weighted by Crippen LogP contribution is -2.05. The van der Waals surface area contributed by atoms with Crippen molar-refractivity contribution in [3.8, 4) is 0 Å². The Kier molecular flexibility index (Phi) is 1.61. The van der Waals surface area contributed by atoms with Crippen LogP contribution in [0.3, 0.4) is 0 Å². The minimum atomic E-state index is -1.21. The number of hydrogen-bond acceptors (Lipinski definition) is 4. The molecular weight excluding hydrogens is 174 g/mol. The number of aromatic carboxylic acids is 1. The van der Waals surface area contributed by atoms with Gasteiger partial charge in [-0.05, 0) is 12.8 Å². The number of carboxylic acids is 1. The Morgan fingerprint density at radius 3 is 2.77 bits per heavy atom. The highest BCUT2D eigenvalue weighted by atomic mass is 16.4. The van der Waals surface area contributed by atoms with Gasteiger partial charge in [0, 0.05) is 0 Å². The van der Waals surface area contributed by atoms with Crippen molar-refractivity contribution in [2.24, 2.45) is 0 Å². The van der Waals surface area contributed by atoms with Gasteiger partial charge in [-0.15, -0.1) is 5.10 Å². The zero-order valence-electron chi connectivity index (χ0n) is 6.67. The normalized spacial score (nSPS) is 15.7. The molecular formula is C7H7N3O3. The van der Waals surface area contributed by atoms with E-state index in [0.29, 0.717) is 6.29 Å². The molecule has 1 aromatic heterocycles. The van der Waals surface area contributed by atoms with Crippen molar-refractivity contribution in [1.82, 2.24) is 15.0 Å². The molecule has 0 radical (unpaired) electrons. The van der Waals surface area contributed by atoms with Crippen LogP contribution in [-0.4, -0.2) is 32.4 Å². The molecule has 0 aromatic carbocycles. The van der Waals surface area contributed by atoms with Crippen molar-refractivity contribution in [1.29, 1.82) is 0 Å². The first kappa shape index (κ1) is 7.90. The first-order chi connectivity index (χ1) is 6.24. The van der Waals surface area contributed by atoms with Crippen molar-refractivity contribution in [2.75, 3.05) is 0 Å². The van der Waals surface area contributed by atoms with E-state index in [1.54, 1.807) is 0 Å². The summed E-state index contributed by atoms with van der Waals surface area (Å²) in [5.41, 5.74) is -0.197. The predicted molar refractivity (Wildman–Crippen MR) is 40.6 cm³/mol. The van der Waals surface area contributed by atoms with E-state index in [4.69, 9.17) is 5.11 Å². The van der Waals surface area contributed by atoms with Crippen LogP contribution in [0.4, 0.5) is 0 Å². The van der Waals surface area contributed by atoms with Crippen molar-refractivity contribution in [2.45, 2.75) is 18.9 Å². The maximum absolute atomic E-state index is 10.6. The van der Waals surface area contributed by atoms with E-state index in [9.17, 15) is 9.59 Å². The Labute approximate surface area is 73.2 Å². The molecule has 1 aliphatic carbocycles. The fourth-order valence-electron chi connectivity index (χ4n) is 1.15. The molecule has 2 rings (SSSR count). The van der Waals surface area contributed by atoms with Crippen LogP contribution in [-0.2, 0) is 0 Å². The van der Waals surface area contributed by atoms with Gasteiger partial charge in [-0.25, -0.2) is 9.48 Å². The summed E-state index contributed by atoms with van der Waals surface area (Å²) in [6, 6.07) is 0.167. The average molecular weight is 181 g/mol. The maximum Gasteiger partial charge on any atom is 0.358 e. The van der Waals surface area contributed by atoms with Gasteiger partial charge in [-0.2, -0.15) is 0 Å². The lowest BCUT2D eigenvalue weighted by Gasteiger charge is -1.96. The summed E-state index contributed by atoms with van der Waals surface area (Å²) in [7, 11) is 0. The number of carboxylic acid groups (broad SMARTS) is 1. The molecule has 6 nitrogen and oxygen atoms in total. The summed E-state index contributed by atoms with van der Waals surface area (Å²) in [5, 5.41) is 15.7. The number of carbonyl (C=O) groups excluding carboxylic acids is 1. The highest BCUT2D eigenvalue weighted by Crippen LogP contribution is 2.34. The van der Waals surface area contributed by atoms with Crippen LogP contribution in [0.5, 0.6) is 0 Å². The Morgan fingerprint density at radius 1 is 1.62 bits per heavy atom. The number of nitrogens with zero attached hydrogens (tertiary/aromatic N) is 3. The van der Waals surface area contributed by atoms with Gasteiger partial charge in [0.25, 0.3) is 0 Å². The lowest BCUT2D eigenvalue weighted by atomic mass is 10.3. The fraction of sp³-hybridized carbons (Fsp3) is 0.429. The van der Waals surface area contributed by atoms with Crippen molar-refractivity contribution in [3.63, 3.8) is 0 Å². The SMILES string of the molecule is O=Cc1c(C(=O)O)nnn1C1CC1. The minimum Gasteiger partial charge on any atom is -0.476 e. The molecule has 1 aliphatic rings. The summed E-state index contributed by atoms with van der Waals surface area (Å²) >= 11 is 0. The van der Waals surface area contributed by atoms with E-state index >= 15 is 0 Å². The molecule has 1 saturated carbocycles. The average Bonchev–Trinajstić information content (AvgIpc) is 2.84. The van der Waals surface area contributed by atoms with Crippen LogP contribution in [0.2, 0.25) is 0 Å². The minimum absolute atomic E-state index is 0.0648. The molecule has 0 saturated heterocycles. The second-order valence-corrected chi connectivity index (χ2v) is 2.92. The number of hydrogen-bond donors (Lipinski definition) is 1. The summed E-state index contributed by atoms with van der Waals surface area (Å²) in [6.45, 7) is 0. The van der Waals surface area contributed by atoms with Gasteiger partial charge in [-0.3, -0.25) is 4.79 Å². The number of carbonyl (C=O) groups is 2. The first-order valence-electron chi connectivity index (χ1n) is 3.87. The zero-order chi connectivity index (χ0) is 9.42. The largest absolute Gasteiger partial charge is 0.476 e. The molecule has 0 spiro atoms. The maximum atomic E-state index is 10.6. The molecule has 1 fully saturated rings. The van der Waals surface area contributed by atoms with Gasteiger partial charge in [0.1, 0.15) is 5.69 Å². The Morgan fingerprint density at radius 2 is 2.31 bits per heavy atom. The topological polar surface area (TPSA) is 85.1 Å². The van der Waals surface area contributed by atoms with Gasteiger partial charge >= 0.3 is 5.97 Å². The third-order valence-electron chi connectivity index (χ3n) is 1.94. The molecule has 13 heavy (non-hydrogen) atoms. The smallest absolute Gasteiger partial charge is 0.358 e. The summed E-state index contributed by atoms with van der Waals surface area (Å²) < 4.78 is 1.39. The molecule has 1 N–H and O–H groups in total. The van der Waals surface area contributed by atoms with Gasteiger partial charge in [0.2, 0.25) is 5.69 Å². The zero-order valence-corrected chi connectivity index (χ0v) is 6.67. The molecule has 0 amide bonds. The number of aromatic nitrogens is 3. The Hall–Kier alpha value is -1.72. The van der Waals surface area contributed by atoms with Crippen LogP contribution in [0, 0.1) is 0 Å². The van der Waals surface area contributed by atoms with E-state index in [1.165, 1.54) is 4.68 Å². The molecule has 0 atom stereocenters. The molecule has 6 heteroatoms. The van der Waals surface area contributed by atoms with Crippen molar-refractivity contribution >= 4 is 12.3 Å². The third-order valence-corrected chi connectivity index (χ3v) is 1.94. The monoisotopic (exact) mass is 181 g/mol. The van der Waals surface area contributed by atoms with Gasteiger partial charge in [0.15, 0.2) is 6.29 Å². The van der Waals surface area contributed by atoms with E-state index in [2.05, 4.69) is 10.3 Å². The lowest BCUT2D eigenvalue weighted by molar-refractivity contribution is 0.0687. The first-order valence-corrected chi connectivity index (χ1v) is 3.87.